The third-order valence-corrected chi connectivity index (χ3v) is 2.58. The fourth-order valence-electron chi connectivity index (χ4n) is 0.906. The molecule has 0 heterocycles. The van der Waals surface area contributed by atoms with Gasteiger partial charge in [0.2, 0.25) is 5.12 Å². The Kier molecular flexibility index (Phi) is 4.57. The van der Waals surface area contributed by atoms with E-state index < -0.39 is 0 Å². The maximum atomic E-state index is 11.4. The van der Waals surface area contributed by atoms with Crippen LogP contribution in [0.3, 0.4) is 0 Å². The van der Waals surface area contributed by atoms with Crippen LogP contribution in [-0.2, 0) is 0 Å². The molecule has 0 aliphatic rings. The first-order chi connectivity index (χ1) is 6.34. The van der Waals surface area contributed by atoms with Gasteiger partial charge in [-0.1, -0.05) is 42.1 Å². The molecule has 0 spiro atoms. The van der Waals surface area contributed by atoms with Crippen LogP contribution >= 0.6 is 11.8 Å². The van der Waals surface area contributed by atoms with Crippen molar-refractivity contribution >= 4 is 16.9 Å². The minimum Gasteiger partial charge on any atom is -0.330 e. The fourth-order valence-corrected chi connectivity index (χ4v) is 1.70. The second-order valence-corrected chi connectivity index (χ2v) is 3.71. The molecule has 1 aromatic rings. The van der Waals surface area contributed by atoms with Crippen LogP contribution in [0.4, 0.5) is 0 Å². The zero-order valence-corrected chi connectivity index (χ0v) is 8.22. The van der Waals surface area contributed by atoms with E-state index in [1.807, 2.05) is 30.3 Å². The van der Waals surface area contributed by atoms with Gasteiger partial charge in [0.1, 0.15) is 0 Å². The summed E-state index contributed by atoms with van der Waals surface area (Å²) >= 11 is 1.34. The van der Waals surface area contributed by atoms with E-state index in [9.17, 15) is 4.79 Å². The number of thioether (sulfide) groups is 1. The first-order valence-corrected chi connectivity index (χ1v) is 5.25. The van der Waals surface area contributed by atoms with Crippen molar-refractivity contribution in [3.63, 3.8) is 0 Å². The van der Waals surface area contributed by atoms with Crippen LogP contribution in [0.25, 0.3) is 0 Å². The van der Waals surface area contributed by atoms with Crippen molar-refractivity contribution in [2.75, 3.05) is 12.3 Å². The van der Waals surface area contributed by atoms with Gasteiger partial charge in [0.25, 0.3) is 0 Å². The first kappa shape index (κ1) is 10.3. The van der Waals surface area contributed by atoms with Gasteiger partial charge in [-0.25, -0.2) is 0 Å². The van der Waals surface area contributed by atoms with Gasteiger partial charge >= 0.3 is 0 Å². The van der Waals surface area contributed by atoms with Crippen molar-refractivity contribution in [1.29, 1.82) is 0 Å². The van der Waals surface area contributed by atoms with Crippen LogP contribution in [0.5, 0.6) is 0 Å². The molecule has 13 heavy (non-hydrogen) atoms. The molecule has 0 atom stereocenters. The molecule has 2 nitrogen and oxygen atoms in total. The topological polar surface area (TPSA) is 43.1 Å². The van der Waals surface area contributed by atoms with E-state index in [0.29, 0.717) is 6.54 Å². The number of hydrogen-bond acceptors (Lipinski definition) is 3. The van der Waals surface area contributed by atoms with Crippen LogP contribution in [-0.4, -0.2) is 17.4 Å². The number of nitrogens with two attached hydrogens (primary N) is 1. The predicted molar refractivity (Wildman–Crippen MR) is 56.9 cm³/mol. The molecular weight excluding hydrogens is 182 g/mol. The van der Waals surface area contributed by atoms with Crippen molar-refractivity contribution in [2.24, 2.45) is 5.73 Å². The van der Waals surface area contributed by atoms with E-state index in [2.05, 4.69) is 0 Å². The Balaban J connectivity index is 2.40. The fraction of sp³-hybridized carbons (Fsp3) is 0.300. The summed E-state index contributed by atoms with van der Waals surface area (Å²) in [6.45, 7) is 0.648. The van der Waals surface area contributed by atoms with Crippen LogP contribution in [0.2, 0.25) is 0 Å². The Hall–Kier alpha value is -0.800. The number of carbonyl (C=O) groups excluding carboxylic acids is 1. The molecule has 0 aliphatic carbocycles. The standard InChI is InChI=1S/C10H13NOS/c11-7-4-8-13-10(12)9-5-2-1-3-6-9/h1-3,5-6H,4,7-8,11H2. The largest absolute Gasteiger partial charge is 0.330 e. The summed E-state index contributed by atoms with van der Waals surface area (Å²) in [5.74, 6) is 0.810. The minimum atomic E-state index is 0.133. The molecule has 1 rings (SSSR count). The highest BCUT2D eigenvalue weighted by Gasteiger charge is 2.03. The van der Waals surface area contributed by atoms with Gasteiger partial charge in [-0.15, -0.1) is 0 Å². The highest BCUT2D eigenvalue weighted by atomic mass is 32.2. The molecule has 0 aliphatic heterocycles. The van der Waals surface area contributed by atoms with E-state index in [1.54, 1.807) is 0 Å². The number of benzene rings is 1. The Labute approximate surface area is 82.5 Å². The molecule has 0 amide bonds. The van der Waals surface area contributed by atoms with Crippen LogP contribution in [0.1, 0.15) is 16.8 Å². The van der Waals surface area contributed by atoms with Crippen molar-refractivity contribution in [3.8, 4) is 0 Å². The lowest BCUT2D eigenvalue weighted by atomic mass is 10.2. The summed E-state index contributed by atoms with van der Waals surface area (Å²) in [4.78, 5) is 11.4. The molecule has 1 aromatic carbocycles. The first-order valence-electron chi connectivity index (χ1n) is 4.27. The van der Waals surface area contributed by atoms with E-state index >= 15 is 0 Å². The van der Waals surface area contributed by atoms with E-state index in [-0.39, 0.29) is 5.12 Å². The van der Waals surface area contributed by atoms with Gasteiger partial charge < -0.3 is 5.73 Å². The van der Waals surface area contributed by atoms with Gasteiger partial charge in [0, 0.05) is 11.3 Å². The molecular formula is C10H13NOS. The van der Waals surface area contributed by atoms with Gasteiger partial charge in [-0.2, -0.15) is 0 Å². The Bertz CT molecular complexity index is 261. The van der Waals surface area contributed by atoms with Crippen LogP contribution in [0, 0.1) is 0 Å². The van der Waals surface area contributed by atoms with Gasteiger partial charge in [-0.3, -0.25) is 4.79 Å². The molecule has 0 fully saturated rings. The Morgan fingerprint density at radius 1 is 1.31 bits per heavy atom. The summed E-state index contributed by atoms with van der Waals surface area (Å²) in [5.41, 5.74) is 6.10. The maximum Gasteiger partial charge on any atom is 0.219 e. The van der Waals surface area contributed by atoms with Crippen LogP contribution < -0.4 is 5.73 Å². The van der Waals surface area contributed by atoms with Gasteiger partial charge in [-0.05, 0) is 13.0 Å². The minimum absolute atomic E-state index is 0.133. The second kappa shape index (κ2) is 5.78. The van der Waals surface area contributed by atoms with Crippen molar-refractivity contribution in [1.82, 2.24) is 0 Å². The summed E-state index contributed by atoms with van der Waals surface area (Å²) in [6, 6.07) is 9.31. The normalized spacial score (nSPS) is 9.92. The summed E-state index contributed by atoms with van der Waals surface area (Å²) < 4.78 is 0. The number of hydrogen-bond donors (Lipinski definition) is 1. The molecule has 0 saturated heterocycles. The number of rotatable bonds is 4. The van der Waals surface area contributed by atoms with Crippen molar-refractivity contribution < 1.29 is 4.79 Å². The quantitative estimate of drug-likeness (QED) is 0.746. The lowest BCUT2D eigenvalue weighted by molar-refractivity contribution is 0.108. The van der Waals surface area contributed by atoms with E-state index in [0.717, 1.165) is 17.7 Å². The van der Waals surface area contributed by atoms with Crippen LogP contribution in [0.15, 0.2) is 30.3 Å². The zero-order valence-electron chi connectivity index (χ0n) is 7.40. The van der Waals surface area contributed by atoms with Gasteiger partial charge in [0.15, 0.2) is 0 Å². The summed E-state index contributed by atoms with van der Waals surface area (Å²) in [5, 5.41) is 0.133. The third kappa shape index (κ3) is 3.61. The van der Waals surface area contributed by atoms with Crippen molar-refractivity contribution in [3.05, 3.63) is 35.9 Å². The van der Waals surface area contributed by atoms with E-state index in [4.69, 9.17) is 5.73 Å². The van der Waals surface area contributed by atoms with Gasteiger partial charge in [0.05, 0.1) is 0 Å². The summed E-state index contributed by atoms with van der Waals surface area (Å²) in [7, 11) is 0. The molecule has 0 bridgehead atoms. The third-order valence-electron chi connectivity index (χ3n) is 1.59. The average molecular weight is 195 g/mol. The molecule has 0 aromatic heterocycles. The molecule has 0 radical (unpaired) electrons. The zero-order chi connectivity index (χ0) is 9.52. The SMILES string of the molecule is NCCCSC(=O)c1ccccc1. The molecule has 3 heteroatoms. The van der Waals surface area contributed by atoms with E-state index in [1.165, 1.54) is 11.8 Å². The lowest BCUT2D eigenvalue weighted by Gasteiger charge is -1.98. The molecule has 2 N–H and O–H groups in total. The number of carbonyl (C=O) groups is 1. The second-order valence-electron chi connectivity index (χ2n) is 2.64. The van der Waals surface area contributed by atoms with Crippen molar-refractivity contribution in [2.45, 2.75) is 6.42 Å². The monoisotopic (exact) mass is 195 g/mol. The summed E-state index contributed by atoms with van der Waals surface area (Å²) in [6.07, 6.45) is 0.892. The predicted octanol–water partition coefficient (Wildman–Crippen LogP) is 1.91. The molecule has 70 valence electrons. The Morgan fingerprint density at radius 2 is 2.00 bits per heavy atom. The highest BCUT2D eigenvalue weighted by molar-refractivity contribution is 8.14. The maximum absolute atomic E-state index is 11.4. The molecule has 0 saturated carbocycles. The average Bonchev–Trinajstić information content (AvgIpc) is 2.19. The smallest absolute Gasteiger partial charge is 0.219 e. The Morgan fingerprint density at radius 3 is 2.62 bits per heavy atom. The molecule has 0 unspecified atom stereocenters. The highest BCUT2D eigenvalue weighted by Crippen LogP contribution is 2.12. The lowest BCUT2D eigenvalue weighted by Crippen LogP contribution is -2.01.